The Morgan fingerprint density at radius 1 is 1.14 bits per heavy atom. The minimum absolute atomic E-state index is 0.169. The smallest absolute Gasteiger partial charge is 0.225 e. The summed E-state index contributed by atoms with van der Waals surface area (Å²) in [6.45, 7) is 1.77. The predicted octanol–water partition coefficient (Wildman–Crippen LogP) is 3.01. The number of carbonyl (C=O) groups is 1. The number of carbonyl (C=O) groups excluding carboxylic acids is 1. The number of hydrogen-bond donors (Lipinski definition) is 2. The molecule has 0 bridgehead atoms. The lowest BCUT2D eigenvalue weighted by Gasteiger charge is -2.40. The zero-order valence-electron chi connectivity index (χ0n) is 15.8. The van der Waals surface area contributed by atoms with Crippen LogP contribution in [0, 0.1) is 11.6 Å². The lowest BCUT2D eigenvalue weighted by Crippen LogP contribution is -2.49. The van der Waals surface area contributed by atoms with Crippen LogP contribution in [0.1, 0.15) is 35.6 Å². The SMILES string of the molecule is CO[C@H]1[C@H](NC(=O)Cc2c(F)cccc2F)c2ccccc2C12CCNCC2. The second-order valence-corrected chi connectivity index (χ2v) is 7.57. The topological polar surface area (TPSA) is 50.4 Å². The Hall–Kier alpha value is -2.31. The summed E-state index contributed by atoms with van der Waals surface area (Å²) in [6, 6.07) is 11.3. The molecule has 1 aliphatic carbocycles. The maximum Gasteiger partial charge on any atom is 0.225 e. The van der Waals surface area contributed by atoms with Crippen molar-refractivity contribution in [1.29, 1.82) is 0 Å². The van der Waals surface area contributed by atoms with Crippen LogP contribution in [-0.4, -0.2) is 32.2 Å². The van der Waals surface area contributed by atoms with E-state index in [2.05, 4.69) is 16.7 Å². The Labute approximate surface area is 163 Å². The first-order chi connectivity index (χ1) is 13.6. The highest BCUT2D eigenvalue weighted by Crippen LogP contribution is 2.51. The standard InChI is InChI=1S/C22H24F2N2O2/c1-28-21-20(26-19(27)13-15-17(23)7-4-8-18(15)24)14-5-2-3-6-16(14)22(21)9-11-25-12-10-22/h2-8,20-21,25H,9-13H2,1H3,(H,26,27)/t20-,21+/m1/s1. The molecule has 0 unspecified atom stereocenters. The molecule has 4 rings (SSSR count). The molecule has 0 saturated carbocycles. The molecule has 1 fully saturated rings. The van der Waals surface area contributed by atoms with Gasteiger partial charge < -0.3 is 15.4 Å². The lowest BCUT2D eigenvalue weighted by molar-refractivity contribution is -0.122. The molecule has 6 heteroatoms. The number of nitrogens with one attached hydrogen (secondary N) is 2. The van der Waals surface area contributed by atoms with Crippen molar-refractivity contribution >= 4 is 5.91 Å². The summed E-state index contributed by atoms with van der Waals surface area (Å²) in [5, 5.41) is 6.38. The average molecular weight is 386 g/mol. The van der Waals surface area contributed by atoms with Crippen LogP contribution in [0.5, 0.6) is 0 Å². The Bertz CT molecular complexity index is 860. The maximum atomic E-state index is 13.9. The van der Waals surface area contributed by atoms with E-state index in [0.717, 1.165) is 31.5 Å². The molecule has 1 saturated heterocycles. The molecule has 4 nitrogen and oxygen atoms in total. The van der Waals surface area contributed by atoms with Crippen LogP contribution in [0.2, 0.25) is 0 Å². The van der Waals surface area contributed by atoms with E-state index in [1.54, 1.807) is 7.11 Å². The third kappa shape index (κ3) is 3.10. The van der Waals surface area contributed by atoms with Gasteiger partial charge in [-0.05, 0) is 49.2 Å². The van der Waals surface area contributed by atoms with Crippen LogP contribution in [0.15, 0.2) is 42.5 Å². The highest BCUT2D eigenvalue weighted by Gasteiger charge is 2.53. The Kier molecular flexibility index (Phi) is 5.17. The fourth-order valence-corrected chi connectivity index (χ4v) is 4.89. The molecule has 2 atom stereocenters. The van der Waals surface area contributed by atoms with Crippen LogP contribution in [0.4, 0.5) is 8.78 Å². The lowest BCUT2D eigenvalue weighted by atomic mass is 9.72. The van der Waals surface area contributed by atoms with Crippen molar-refractivity contribution in [3.8, 4) is 0 Å². The maximum absolute atomic E-state index is 13.9. The van der Waals surface area contributed by atoms with Crippen molar-refractivity contribution in [1.82, 2.24) is 10.6 Å². The fraction of sp³-hybridized carbons (Fsp3) is 0.409. The second kappa shape index (κ2) is 7.60. The molecular formula is C22H24F2N2O2. The van der Waals surface area contributed by atoms with Gasteiger partial charge in [0.1, 0.15) is 11.6 Å². The number of hydrogen-bond acceptors (Lipinski definition) is 3. The molecule has 2 aromatic rings. The number of halogens is 2. The van der Waals surface area contributed by atoms with Gasteiger partial charge in [-0.15, -0.1) is 0 Å². The highest BCUT2D eigenvalue weighted by molar-refractivity contribution is 5.79. The van der Waals surface area contributed by atoms with Gasteiger partial charge in [-0.25, -0.2) is 8.78 Å². The van der Waals surface area contributed by atoms with E-state index < -0.39 is 17.5 Å². The molecule has 0 radical (unpaired) electrons. The van der Waals surface area contributed by atoms with E-state index in [1.165, 1.54) is 23.8 Å². The number of fused-ring (bicyclic) bond motifs is 2. The molecule has 1 heterocycles. The Morgan fingerprint density at radius 3 is 2.50 bits per heavy atom. The molecule has 148 valence electrons. The van der Waals surface area contributed by atoms with Gasteiger partial charge in [-0.2, -0.15) is 0 Å². The van der Waals surface area contributed by atoms with Crippen LogP contribution < -0.4 is 10.6 Å². The molecule has 1 spiro atoms. The van der Waals surface area contributed by atoms with Gasteiger partial charge in [-0.1, -0.05) is 30.3 Å². The Morgan fingerprint density at radius 2 is 1.82 bits per heavy atom. The van der Waals surface area contributed by atoms with Gasteiger partial charge >= 0.3 is 0 Å². The minimum Gasteiger partial charge on any atom is -0.378 e. The second-order valence-electron chi connectivity index (χ2n) is 7.57. The summed E-state index contributed by atoms with van der Waals surface area (Å²) in [5.41, 5.74) is 1.85. The normalized spacial score (nSPS) is 22.8. The monoisotopic (exact) mass is 386 g/mol. The van der Waals surface area contributed by atoms with E-state index in [9.17, 15) is 13.6 Å². The summed E-state index contributed by atoms with van der Waals surface area (Å²) in [6.07, 6.45) is 1.26. The van der Waals surface area contributed by atoms with Crippen LogP contribution >= 0.6 is 0 Å². The number of rotatable bonds is 4. The quantitative estimate of drug-likeness (QED) is 0.849. The van der Waals surface area contributed by atoms with Crippen molar-refractivity contribution in [2.45, 2.75) is 36.8 Å². The van der Waals surface area contributed by atoms with Crippen molar-refractivity contribution in [3.05, 3.63) is 70.8 Å². The molecule has 2 aromatic carbocycles. The molecular weight excluding hydrogens is 362 g/mol. The number of benzene rings is 2. The summed E-state index contributed by atoms with van der Waals surface area (Å²) >= 11 is 0. The predicted molar refractivity (Wildman–Crippen MR) is 102 cm³/mol. The average Bonchev–Trinajstić information content (AvgIpc) is 2.94. The summed E-state index contributed by atoms with van der Waals surface area (Å²) in [5.74, 6) is -1.84. The van der Waals surface area contributed by atoms with Crippen molar-refractivity contribution < 1.29 is 18.3 Å². The highest BCUT2D eigenvalue weighted by atomic mass is 19.1. The van der Waals surface area contributed by atoms with Gasteiger partial charge in [0.15, 0.2) is 0 Å². The van der Waals surface area contributed by atoms with Gasteiger partial charge in [0.05, 0.1) is 18.6 Å². The van der Waals surface area contributed by atoms with E-state index in [1.807, 2.05) is 18.2 Å². The van der Waals surface area contributed by atoms with Crippen molar-refractivity contribution in [2.24, 2.45) is 0 Å². The minimum atomic E-state index is -0.708. The van der Waals surface area contributed by atoms with Crippen molar-refractivity contribution in [2.75, 3.05) is 20.2 Å². The number of ether oxygens (including phenoxy) is 1. The largest absolute Gasteiger partial charge is 0.378 e. The van der Waals surface area contributed by atoms with E-state index >= 15 is 0 Å². The first-order valence-electron chi connectivity index (χ1n) is 9.62. The molecule has 2 aliphatic rings. The molecule has 1 amide bonds. The third-order valence-corrected chi connectivity index (χ3v) is 6.14. The van der Waals surface area contributed by atoms with Gasteiger partial charge in [0, 0.05) is 18.1 Å². The van der Waals surface area contributed by atoms with Gasteiger partial charge in [-0.3, -0.25) is 4.79 Å². The summed E-state index contributed by atoms with van der Waals surface area (Å²) < 4.78 is 33.8. The Balaban J connectivity index is 1.63. The third-order valence-electron chi connectivity index (χ3n) is 6.14. The van der Waals surface area contributed by atoms with E-state index in [-0.39, 0.29) is 29.5 Å². The van der Waals surface area contributed by atoms with E-state index in [0.29, 0.717) is 0 Å². The number of amides is 1. The number of piperidine rings is 1. The first kappa shape index (κ1) is 19.0. The van der Waals surface area contributed by atoms with Crippen LogP contribution in [0.3, 0.4) is 0 Å². The molecule has 0 aromatic heterocycles. The van der Waals surface area contributed by atoms with Crippen molar-refractivity contribution in [3.63, 3.8) is 0 Å². The number of methoxy groups -OCH3 is 1. The summed E-state index contributed by atoms with van der Waals surface area (Å²) in [4.78, 5) is 12.7. The van der Waals surface area contributed by atoms with Crippen LogP contribution in [-0.2, 0) is 21.4 Å². The van der Waals surface area contributed by atoms with E-state index in [4.69, 9.17) is 4.74 Å². The molecule has 1 aliphatic heterocycles. The van der Waals surface area contributed by atoms with Gasteiger partial charge in [0.25, 0.3) is 0 Å². The van der Waals surface area contributed by atoms with Gasteiger partial charge in [0.2, 0.25) is 5.91 Å². The molecule has 2 N–H and O–H groups in total. The van der Waals surface area contributed by atoms with Crippen LogP contribution in [0.25, 0.3) is 0 Å². The first-order valence-corrected chi connectivity index (χ1v) is 9.62. The molecule has 28 heavy (non-hydrogen) atoms. The summed E-state index contributed by atoms with van der Waals surface area (Å²) in [7, 11) is 1.66. The fourth-order valence-electron chi connectivity index (χ4n) is 4.89. The zero-order chi connectivity index (χ0) is 19.7. The zero-order valence-corrected chi connectivity index (χ0v) is 15.8.